The lowest BCUT2D eigenvalue weighted by Gasteiger charge is -2.23. The predicted octanol–water partition coefficient (Wildman–Crippen LogP) is 4.06. The van der Waals surface area contributed by atoms with E-state index in [2.05, 4.69) is 28.4 Å². The Morgan fingerprint density at radius 1 is 1.22 bits per heavy atom. The Balaban J connectivity index is 1.77. The molecule has 7 nitrogen and oxygen atoms in total. The normalized spacial score (nSPS) is 15.7. The minimum Gasteiger partial charge on any atom is -0.493 e. The number of furan rings is 1. The van der Waals surface area contributed by atoms with Crippen LogP contribution in [0.1, 0.15) is 24.3 Å². The number of nitrogens with zero attached hydrogens (tertiary/aromatic N) is 3. The summed E-state index contributed by atoms with van der Waals surface area (Å²) in [5, 5.41) is 8.73. The standard InChI is InChI=1S/C19H20N4O3S/c1-4-27-19-21-18-20-13(12-7-8-16(24-2)17(10-12)25-3)11-14(23(18)22-19)15-6-5-9-26-15/h5-11,14H,4H2,1-3H3,(H,20,21,22)/t14-/m0/s1. The molecule has 0 saturated carbocycles. The van der Waals surface area contributed by atoms with Gasteiger partial charge in [0.05, 0.1) is 20.5 Å². The molecule has 1 atom stereocenters. The van der Waals surface area contributed by atoms with Gasteiger partial charge in [0.1, 0.15) is 11.8 Å². The highest BCUT2D eigenvalue weighted by Crippen LogP contribution is 2.36. The number of ether oxygens (including phenoxy) is 2. The molecular formula is C19H20N4O3S. The van der Waals surface area contributed by atoms with E-state index in [0.29, 0.717) is 17.4 Å². The number of nitrogens with one attached hydrogen (secondary N) is 1. The maximum atomic E-state index is 5.65. The van der Waals surface area contributed by atoms with Gasteiger partial charge < -0.3 is 19.2 Å². The van der Waals surface area contributed by atoms with Gasteiger partial charge in [-0.2, -0.15) is 4.98 Å². The van der Waals surface area contributed by atoms with E-state index in [0.717, 1.165) is 27.9 Å². The van der Waals surface area contributed by atoms with Crippen LogP contribution in [0.2, 0.25) is 0 Å². The van der Waals surface area contributed by atoms with Gasteiger partial charge in [-0.15, -0.1) is 5.10 Å². The second kappa shape index (κ2) is 7.40. The van der Waals surface area contributed by atoms with Crippen LogP contribution in [0.25, 0.3) is 5.70 Å². The fourth-order valence-electron chi connectivity index (χ4n) is 3.00. The number of rotatable bonds is 6. The van der Waals surface area contributed by atoms with Crippen LogP contribution in [0.15, 0.2) is 52.2 Å². The number of thioether (sulfide) groups is 1. The number of benzene rings is 1. The molecule has 4 rings (SSSR count). The highest BCUT2D eigenvalue weighted by Gasteiger charge is 2.27. The molecule has 1 aliphatic heterocycles. The number of allylic oxidation sites excluding steroid dienone is 1. The smallest absolute Gasteiger partial charge is 0.227 e. The maximum Gasteiger partial charge on any atom is 0.227 e. The number of anilines is 1. The average Bonchev–Trinajstić information content (AvgIpc) is 3.36. The van der Waals surface area contributed by atoms with E-state index >= 15 is 0 Å². The third kappa shape index (κ3) is 3.28. The maximum absolute atomic E-state index is 5.65. The molecule has 0 spiro atoms. The van der Waals surface area contributed by atoms with Crippen LogP contribution in [0.5, 0.6) is 11.5 Å². The molecule has 0 fully saturated rings. The van der Waals surface area contributed by atoms with Gasteiger partial charge in [0.2, 0.25) is 11.1 Å². The number of fused-ring (bicyclic) bond motifs is 1. The first-order valence-corrected chi connectivity index (χ1v) is 9.56. The lowest BCUT2D eigenvalue weighted by atomic mass is 10.1. The minimum atomic E-state index is -0.182. The Morgan fingerprint density at radius 2 is 2.07 bits per heavy atom. The molecule has 0 bridgehead atoms. The lowest BCUT2D eigenvalue weighted by molar-refractivity contribution is 0.355. The van der Waals surface area contributed by atoms with Crippen molar-refractivity contribution in [3.05, 3.63) is 54.0 Å². The zero-order chi connectivity index (χ0) is 18.8. The molecule has 0 amide bonds. The molecule has 3 heterocycles. The topological polar surface area (TPSA) is 74.3 Å². The Kier molecular flexibility index (Phi) is 4.81. The van der Waals surface area contributed by atoms with E-state index in [4.69, 9.17) is 13.9 Å². The van der Waals surface area contributed by atoms with E-state index in [1.165, 1.54) is 0 Å². The van der Waals surface area contributed by atoms with E-state index in [9.17, 15) is 0 Å². The summed E-state index contributed by atoms with van der Waals surface area (Å²) in [6, 6.07) is 9.43. The number of methoxy groups -OCH3 is 2. The van der Waals surface area contributed by atoms with Crippen molar-refractivity contribution < 1.29 is 13.9 Å². The van der Waals surface area contributed by atoms with Crippen molar-refractivity contribution in [2.24, 2.45) is 0 Å². The summed E-state index contributed by atoms with van der Waals surface area (Å²) in [5.41, 5.74) is 1.87. The molecule has 1 aliphatic rings. The van der Waals surface area contributed by atoms with Gasteiger partial charge in [-0.3, -0.25) is 0 Å². The Labute approximate surface area is 161 Å². The van der Waals surface area contributed by atoms with Gasteiger partial charge in [0.25, 0.3) is 0 Å². The van der Waals surface area contributed by atoms with Gasteiger partial charge >= 0.3 is 0 Å². The summed E-state index contributed by atoms with van der Waals surface area (Å²) in [4.78, 5) is 4.62. The summed E-state index contributed by atoms with van der Waals surface area (Å²) in [6.45, 7) is 2.08. The summed E-state index contributed by atoms with van der Waals surface area (Å²) in [6.07, 6.45) is 3.74. The second-order valence-corrected chi connectivity index (χ2v) is 7.06. The van der Waals surface area contributed by atoms with Gasteiger partial charge in [0, 0.05) is 11.3 Å². The van der Waals surface area contributed by atoms with E-state index in [1.807, 2.05) is 35.0 Å². The van der Waals surface area contributed by atoms with Gasteiger partial charge in [-0.25, -0.2) is 4.68 Å². The summed E-state index contributed by atoms with van der Waals surface area (Å²) < 4.78 is 18.3. The molecule has 0 radical (unpaired) electrons. The van der Waals surface area contributed by atoms with Crippen LogP contribution >= 0.6 is 11.8 Å². The molecule has 0 aliphatic carbocycles. The van der Waals surface area contributed by atoms with Gasteiger partial charge in [-0.05, 0) is 42.2 Å². The van der Waals surface area contributed by atoms with Crippen LogP contribution in [0.4, 0.5) is 5.95 Å². The zero-order valence-electron chi connectivity index (χ0n) is 15.3. The first-order chi connectivity index (χ1) is 13.2. The molecule has 1 N–H and O–H groups in total. The summed E-state index contributed by atoms with van der Waals surface area (Å²) >= 11 is 1.60. The molecule has 0 saturated heterocycles. The molecule has 27 heavy (non-hydrogen) atoms. The average molecular weight is 384 g/mol. The van der Waals surface area contributed by atoms with E-state index < -0.39 is 0 Å². The Morgan fingerprint density at radius 3 is 2.78 bits per heavy atom. The first-order valence-electron chi connectivity index (χ1n) is 8.57. The predicted molar refractivity (Wildman–Crippen MR) is 104 cm³/mol. The van der Waals surface area contributed by atoms with Crippen molar-refractivity contribution in [2.75, 3.05) is 25.3 Å². The zero-order valence-corrected chi connectivity index (χ0v) is 16.1. The van der Waals surface area contributed by atoms with E-state index in [-0.39, 0.29) is 6.04 Å². The Bertz CT molecular complexity index is 966. The van der Waals surface area contributed by atoms with Crippen LogP contribution < -0.4 is 14.8 Å². The SMILES string of the molecule is CCSc1nc2n(n1)[C@H](c1ccco1)C=C(c1ccc(OC)c(OC)c1)N2. The molecule has 2 aromatic heterocycles. The minimum absolute atomic E-state index is 0.182. The highest BCUT2D eigenvalue weighted by molar-refractivity contribution is 7.99. The van der Waals surface area contributed by atoms with E-state index in [1.54, 1.807) is 32.2 Å². The van der Waals surface area contributed by atoms with Crippen LogP contribution in [0, 0.1) is 0 Å². The largest absolute Gasteiger partial charge is 0.493 e. The van der Waals surface area contributed by atoms with Crippen LogP contribution in [-0.4, -0.2) is 34.7 Å². The van der Waals surface area contributed by atoms with Crippen molar-refractivity contribution in [3.63, 3.8) is 0 Å². The summed E-state index contributed by atoms with van der Waals surface area (Å²) in [7, 11) is 3.25. The fraction of sp³-hybridized carbons (Fsp3) is 0.263. The molecule has 0 unspecified atom stereocenters. The quantitative estimate of drug-likeness (QED) is 0.643. The molecule has 1 aromatic carbocycles. The second-order valence-electron chi connectivity index (χ2n) is 5.83. The van der Waals surface area contributed by atoms with Crippen molar-refractivity contribution in [1.82, 2.24) is 14.8 Å². The molecular weight excluding hydrogens is 364 g/mol. The van der Waals surface area contributed by atoms with Gasteiger partial charge in [0.15, 0.2) is 11.5 Å². The Hall–Kier alpha value is -2.87. The highest BCUT2D eigenvalue weighted by atomic mass is 32.2. The third-order valence-corrected chi connectivity index (χ3v) is 4.97. The van der Waals surface area contributed by atoms with Crippen molar-refractivity contribution in [1.29, 1.82) is 0 Å². The molecule has 3 aromatic rings. The number of hydrogen-bond donors (Lipinski definition) is 1. The fourth-order valence-corrected chi connectivity index (χ4v) is 3.55. The van der Waals surface area contributed by atoms with Crippen molar-refractivity contribution in [2.45, 2.75) is 18.1 Å². The molecule has 8 heteroatoms. The van der Waals surface area contributed by atoms with Crippen LogP contribution in [0.3, 0.4) is 0 Å². The van der Waals surface area contributed by atoms with Gasteiger partial charge in [-0.1, -0.05) is 18.7 Å². The summed E-state index contributed by atoms with van der Waals surface area (Å²) in [5.74, 6) is 3.74. The van der Waals surface area contributed by atoms with Crippen molar-refractivity contribution in [3.8, 4) is 11.5 Å². The number of hydrogen-bond acceptors (Lipinski definition) is 7. The monoisotopic (exact) mass is 384 g/mol. The van der Waals surface area contributed by atoms with Crippen LogP contribution in [-0.2, 0) is 0 Å². The lowest BCUT2D eigenvalue weighted by Crippen LogP contribution is -2.19. The molecule has 140 valence electrons. The van der Waals surface area contributed by atoms with Crippen molar-refractivity contribution >= 4 is 23.4 Å². The number of aromatic nitrogens is 3. The third-order valence-electron chi connectivity index (χ3n) is 4.25. The first kappa shape index (κ1) is 17.5.